The van der Waals surface area contributed by atoms with Gasteiger partial charge in [0.1, 0.15) is 12.2 Å². The van der Waals surface area contributed by atoms with E-state index in [1.807, 2.05) is 0 Å². The number of rotatable bonds is 5. The van der Waals surface area contributed by atoms with Crippen molar-refractivity contribution in [2.24, 2.45) is 0 Å². The zero-order valence-corrected chi connectivity index (χ0v) is 17.6. The van der Waals surface area contributed by atoms with Gasteiger partial charge in [0.25, 0.3) is 0 Å². The van der Waals surface area contributed by atoms with Gasteiger partial charge in [0.05, 0.1) is 29.2 Å². The lowest BCUT2D eigenvalue weighted by Gasteiger charge is -2.31. The van der Waals surface area contributed by atoms with Crippen LogP contribution in [-0.2, 0) is 4.74 Å². The number of thiazole rings is 1. The molecular weight excluding hydrogens is 433 g/mol. The van der Waals surface area contributed by atoms with Gasteiger partial charge in [-0.05, 0) is 31.7 Å². The standard InChI is InChI=1S/C20H19ClFN3O4S/c1-27-18-7-6-11(10-23-18)24-20(26)29-15-5-3-2-4-14(15)28-16-9-17-13(8-12(16)22)25-19(21)30-17/h6-10,14-15H,2-5H2,1H3,(H,24,26)/t14-,15-/m0/s1. The third-order valence-electron chi connectivity index (χ3n) is 4.79. The first-order chi connectivity index (χ1) is 14.5. The van der Waals surface area contributed by atoms with E-state index in [1.54, 1.807) is 18.2 Å². The summed E-state index contributed by atoms with van der Waals surface area (Å²) in [6, 6.07) is 6.18. The van der Waals surface area contributed by atoms with E-state index in [0.717, 1.165) is 17.5 Å². The van der Waals surface area contributed by atoms with Crippen LogP contribution in [0.25, 0.3) is 10.2 Å². The van der Waals surface area contributed by atoms with Crippen LogP contribution in [0, 0.1) is 5.82 Å². The first kappa shape index (κ1) is 20.6. The van der Waals surface area contributed by atoms with Gasteiger partial charge >= 0.3 is 6.09 Å². The van der Waals surface area contributed by atoms with Gasteiger partial charge in [0, 0.05) is 18.2 Å². The summed E-state index contributed by atoms with van der Waals surface area (Å²) < 4.78 is 32.0. The minimum atomic E-state index is -0.618. The number of fused-ring (bicyclic) bond motifs is 1. The monoisotopic (exact) mass is 451 g/mol. The Morgan fingerprint density at radius 1 is 1.27 bits per heavy atom. The molecule has 1 aromatic carbocycles. The molecule has 1 N–H and O–H groups in total. The number of benzene rings is 1. The molecule has 0 bridgehead atoms. The zero-order valence-electron chi connectivity index (χ0n) is 16.1. The molecule has 30 heavy (non-hydrogen) atoms. The van der Waals surface area contributed by atoms with Crippen molar-refractivity contribution in [1.82, 2.24) is 9.97 Å². The second kappa shape index (κ2) is 9.01. The summed E-state index contributed by atoms with van der Waals surface area (Å²) in [5.41, 5.74) is 0.964. The molecule has 0 spiro atoms. The average Bonchev–Trinajstić information content (AvgIpc) is 3.09. The minimum Gasteiger partial charge on any atom is -0.483 e. The Balaban J connectivity index is 1.43. The number of hydrogen-bond acceptors (Lipinski definition) is 7. The molecule has 1 aliphatic carbocycles. The Hall–Kier alpha value is -2.65. The fourth-order valence-corrected chi connectivity index (χ4v) is 4.39. The summed E-state index contributed by atoms with van der Waals surface area (Å²) >= 11 is 7.16. The topological polar surface area (TPSA) is 82.6 Å². The molecule has 158 valence electrons. The van der Waals surface area contributed by atoms with Crippen molar-refractivity contribution in [3.05, 3.63) is 40.7 Å². The number of halogens is 2. The van der Waals surface area contributed by atoms with E-state index in [1.165, 1.54) is 30.7 Å². The van der Waals surface area contributed by atoms with E-state index < -0.39 is 24.1 Å². The highest BCUT2D eigenvalue weighted by atomic mass is 35.5. The normalized spacial score (nSPS) is 18.8. The van der Waals surface area contributed by atoms with Crippen molar-refractivity contribution >= 4 is 44.9 Å². The Morgan fingerprint density at radius 2 is 2.07 bits per heavy atom. The lowest BCUT2D eigenvalue weighted by Crippen LogP contribution is -2.39. The summed E-state index contributed by atoms with van der Waals surface area (Å²) in [5.74, 6) is 0.0153. The van der Waals surface area contributed by atoms with Crippen LogP contribution in [0.15, 0.2) is 30.5 Å². The lowest BCUT2D eigenvalue weighted by atomic mass is 9.94. The molecule has 0 aliphatic heterocycles. The largest absolute Gasteiger partial charge is 0.483 e. The molecule has 2 aromatic heterocycles. The van der Waals surface area contributed by atoms with Crippen LogP contribution in [0.2, 0.25) is 4.47 Å². The van der Waals surface area contributed by atoms with Gasteiger partial charge in [0.15, 0.2) is 16.0 Å². The Kier molecular flexibility index (Phi) is 6.19. The third kappa shape index (κ3) is 4.73. The summed E-state index contributed by atoms with van der Waals surface area (Å²) in [6.45, 7) is 0. The number of amides is 1. The first-order valence-electron chi connectivity index (χ1n) is 9.42. The van der Waals surface area contributed by atoms with Gasteiger partial charge in [-0.2, -0.15) is 0 Å². The number of aromatic nitrogens is 2. The maximum atomic E-state index is 14.5. The van der Waals surface area contributed by atoms with Crippen LogP contribution in [0.3, 0.4) is 0 Å². The SMILES string of the molecule is COc1ccc(NC(=O)O[C@H]2CCCC[C@@H]2Oc2cc3sc(Cl)nc3cc2F)cn1. The van der Waals surface area contributed by atoms with E-state index in [9.17, 15) is 9.18 Å². The number of ether oxygens (including phenoxy) is 3. The van der Waals surface area contributed by atoms with E-state index in [0.29, 0.717) is 34.4 Å². The zero-order chi connectivity index (χ0) is 21.1. The smallest absolute Gasteiger partial charge is 0.412 e. The van der Waals surface area contributed by atoms with Crippen molar-refractivity contribution in [3.8, 4) is 11.6 Å². The van der Waals surface area contributed by atoms with Crippen LogP contribution < -0.4 is 14.8 Å². The fourth-order valence-electron chi connectivity index (χ4n) is 3.35. The summed E-state index contributed by atoms with van der Waals surface area (Å²) in [6.07, 6.45) is 3.00. The molecule has 3 aromatic rings. The molecule has 1 aliphatic rings. The van der Waals surface area contributed by atoms with Gasteiger partial charge in [0.2, 0.25) is 5.88 Å². The predicted molar refractivity (Wildman–Crippen MR) is 112 cm³/mol. The van der Waals surface area contributed by atoms with Crippen LogP contribution in [0.1, 0.15) is 25.7 Å². The lowest BCUT2D eigenvalue weighted by molar-refractivity contribution is -0.00440. The second-order valence-electron chi connectivity index (χ2n) is 6.82. The number of hydrogen-bond donors (Lipinski definition) is 1. The molecule has 2 heterocycles. The number of nitrogens with one attached hydrogen (secondary N) is 1. The number of carbonyl (C=O) groups excluding carboxylic acids is 1. The number of nitrogens with zero attached hydrogens (tertiary/aromatic N) is 2. The number of methoxy groups -OCH3 is 1. The first-order valence-corrected chi connectivity index (χ1v) is 10.6. The Labute approximate surface area is 181 Å². The highest BCUT2D eigenvalue weighted by molar-refractivity contribution is 7.22. The van der Waals surface area contributed by atoms with E-state index in [4.69, 9.17) is 25.8 Å². The van der Waals surface area contributed by atoms with Gasteiger partial charge in [-0.25, -0.2) is 19.2 Å². The predicted octanol–water partition coefficient (Wildman–Crippen LogP) is 5.43. The molecular formula is C20H19ClFN3O4S. The molecule has 0 unspecified atom stereocenters. The molecule has 1 fully saturated rings. The number of carbonyl (C=O) groups is 1. The number of anilines is 1. The summed E-state index contributed by atoms with van der Waals surface area (Å²) in [5, 5.41) is 2.63. The molecule has 1 amide bonds. The molecule has 2 atom stereocenters. The molecule has 7 nitrogen and oxygen atoms in total. The average molecular weight is 452 g/mol. The van der Waals surface area contributed by atoms with Gasteiger partial charge < -0.3 is 14.2 Å². The van der Waals surface area contributed by atoms with E-state index in [2.05, 4.69) is 15.3 Å². The molecule has 10 heteroatoms. The second-order valence-corrected chi connectivity index (χ2v) is 8.43. The maximum Gasteiger partial charge on any atom is 0.412 e. The summed E-state index contributed by atoms with van der Waals surface area (Å²) in [7, 11) is 1.51. The third-order valence-corrected chi connectivity index (χ3v) is 5.91. The highest BCUT2D eigenvalue weighted by Gasteiger charge is 2.31. The molecule has 0 saturated heterocycles. The van der Waals surface area contributed by atoms with E-state index in [-0.39, 0.29) is 5.75 Å². The number of pyridine rings is 1. The van der Waals surface area contributed by atoms with Crippen molar-refractivity contribution in [3.63, 3.8) is 0 Å². The molecule has 0 radical (unpaired) electrons. The van der Waals surface area contributed by atoms with Crippen molar-refractivity contribution in [2.45, 2.75) is 37.9 Å². The highest BCUT2D eigenvalue weighted by Crippen LogP contribution is 2.33. The maximum absolute atomic E-state index is 14.5. The van der Waals surface area contributed by atoms with Crippen molar-refractivity contribution < 1.29 is 23.4 Å². The quantitative estimate of drug-likeness (QED) is 0.556. The fraction of sp³-hybridized carbons (Fsp3) is 0.350. The van der Waals surface area contributed by atoms with Crippen LogP contribution in [0.5, 0.6) is 11.6 Å². The molecule has 1 saturated carbocycles. The van der Waals surface area contributed by atoms with Crippen LogP contribution in [-0.4, -0.2) is 35.4 Å². The van der Waals surface area contributed by atoms with Crippen LogP contribution in [0.4, 0.5) is 14.9 Å². The van der Waals surface area contributed by atoms with Gasteiger partial charge in [-0.3, -0.25) is 5.32 Å². The Bertz CT molecular complexity index is 1050. The van der Waals surface area contributed by atoms with Gasteiger partial charge in [-0.15, -0.1) is 11.3 Å². The molecule has 4 rings (SSSR count). The minimum absolute atomic E-state index is 0.100. The van der Waals surface area contributed by atoms with E-state index >= 15 is 0 Å². The Morgan fingerprint density at radius 3 is 2.80 bits per heavy atom. The van der Waals surface area contributed by atoms with Crippen molar-refractivity contribution in [2.75, 3.05) is 12.4 Å². The van der Waals surface area contributed by atoms with Gasteiger partial charge in [-0.1, -0.05) is 11.6 Å². The van der Waals surface area contributed by atoms with Crippen LogP contribution >= 0.6 is 22.9 Å². The summed E-state index contributed by atoms with van der Waals surface area (Å²) in [4.78, 5) is 20.4. The van der Waals surface area contributed by atoms with Crippen molar-refractivity contribution in [1.29, 1.82) is 0 Å².